The molecule has 0 aliphatic carbocycles. The smallest absolute Gasteiger partial charge is 0.261 e. The number of benzene rings is 2. The van der Waals surface area contributed by atoms with E-state index >= 15 is 0 Å². The first-order valence-electron chi connectivity index (χ1n) is 7.93. The molecule has 0 N–H and O–H groups in total. The van der Waals surface area contributed by atoms with Crippen LogP contribution in [0.25, 0.3) is 10.2 Å². The zero-order valence-corrected chi connectivity index (χ0v) is 18.0. The second-order valence-corrected chi connectivity index (χ2v) is 7.97. The fraction of sp³-hybridized carbons (Fsp3) is 0.222. The molecule has 0 unspecified atom stereocenters. The van der Waals surface area contributed by atoms with Crippen LogP contribution in [0.3, 0.4) is 0 Å². The molecule has 28 heavy (non-hydrogen) atoms. The van der Waals surface area contributed by atoms with Crippen molar-refractivity contribution in [3.63, 3.8) is 0 Å². The summed E-state index contributed by atoms with van der Waals surface area (Å²) in [5, 5.41) is 0.891. The van der Waals surface area contributed by atoms with Gasteiger partial charge in [-0.15, -0.1) is 12.4 Å². The molecule has 10 heteroatoms. The molecule has 0 atom stereocenters. The number of hydrogen-bond acceptors (Lipinski definition) is 4. The molecule has 3 aromatic rings. The third-order valence-electron chi connectivity index (χ3n) is 3.81. The van der Waals surface area contributed by atoms with Gasteiger partial charge in [0.25, 0.3) is 5.91 Å². The van der Waals surface area contributed by atoms with E-state index in [0.717, 1.165) is 17.4 Å². The normalized spacial score (nSPS) is 11.0. The molecule has 0 saturated carbocycles. The molecule has 1 heterocycles. The van der Waals surface area contributed by atoms with Crippen molar-refractivity contribution < 1.29 is 13.6 Å². The Hall–Kier alpha value is -1.51. The molecule has 1 amide bonds. The van der Waals surface area contributed by atoms with Gasteiger partial charge in [0.05, 0.1) is 15.3 Å². The number of rotatable bonds is 5. The fourth-order valence-electron chi connectivity index (χ4n) is 2.45. The van der Waals surface area contributed by atoms with E-state index in [0.29, 0.717) is 22.8 Å². The van der Waals surface area contributed by atoms with E-state index in [1.807, 2.05) is 19.0 Å². The Balaban J connectivity index is 0.00000280. The summed E-state index contributed by atoms with van der Waals surface area (Å²) in [6, 6.07) is 6.55. The van der Waals surface area contributed by atoms with Gasteiger partial charge >= 0.3 is 0 Å². The molecule has 0 aliphatic heterocycles. The highest BCUT2D eigenvalue weighted by atomic mass is 35.5. The summed E-state index contributed by atoms with van der Waals surface area (Å²) in [7, 11) is 3.73. The van der Waals surface area contributed by atoms with E-state index in [9.17, 15) is 13.6 Å². The minimum atomic E-state index is -0.767. The fourth-order valence-corrected chi connectivity index (χ4v) is 3.97. The second kappa shape index (κ2) is 9.33. The first kappa shape index (κ1) is 22.8. The number of thiazole rings is 1. The van der Waals surface area contributed by atoms with Gasteiger partial charge in [-0.05, 0) is 38.4 Å². The number of anilines is 1. The SMILES string of the molecule is CN(C)CCN(C(=O)c1ccc(Cl)cc1Cl)c1nc2c(F)cc(F)cc2s1.Cl. The van der Waals surface area contributed by atoms with E-state index in [2.05, 4.69) is 4.98 Å². The van der Waals surface area contributed by atoms with Crippen LogP contribution in [0.15, 0.2) is 30.3 Å². The summed E-state index contributed by atoms with van der Waals surface area (Å²) in [6.07, 6.45) is 0. The van der Waals surface area contributed by atoms with Crippen molar-refractivity contribution in [2.45, 2.75) is 0 Å². The molecule has 0 fully saturated rings. The zero-order chi connectivity index (χ0) is 19.7. The summed E-state index contributed by atoms with van der Waals surface area (Å²) >= 11 is 13.1. The molecule has 0 radical (unpaired) electrons. The molecular weight excluding hydrogens is 451 g/mol. The van der Waals surface area contributed by atoms with E-state index in [4.69, 9.17) is 23.2 Å². The van der Waals surface area contributed by atoms with E-state index in [-0.39, 0.29) is 33.6 Å². The van der Waals surface area contributed by atoms with Crippen LogP contribution >= 0.6 is 46.9 Å². The molecule has 0 saturated heterocycles. The highest BCUT2D eigenvalue weighted by Gasteiger charge is 2.24. The Labute approximate surface area is 181 Å². The Kier molecular flexibility index (Phi) is 7.59. The van der Waals surface area contributed by atoms with E-state index in [1.54, 1.807) is 6.07 Å². The standard InChI is InChI=1S/C18H15Cl2F2N3OS.ClH/c1-24(2)5-6-25(17(26)12-4-3-10(19)7-13(12)20)18-23-16-14(22)8-11(21)9-15(16)27-18;/h3-4,7-9H,5-6H2,1-2H3;1H. The van der Waals surface area contributed by atoms with Crippen molar-refractivity contribution in [1.29, 1.82) is 0 Å². The lowest BCUT2D eigenvalue weighted by Gasteiger charge is -2.22. The van der Waals surface area contributed by atoms with Gasteiger partial charge in [-0.2, -0.15) is 0 Å². The maximum atomic E-state index is 14.0. The summed E-state index contributed by atoms with van der Waals surface area (Å²) in [5.74, 6) is -1.85. The summed E-state index contributed by atoms with van der Waals surface area (Å²) < 4.78 is 27.9. The Morgan fingerprint density at radius 1 is 1.14 bits per heavy atom. The van der Waals surface area contributed by atoms with Crippen molar-refractivity contribution in [1.82, 2.24) is 9.88 Å². The Bertz CT molecular complexity index is 1010. The summed E-state index contributed by atoms with van der Waals surface area (Å²) in [5.41, 5.74) is 0.284. The number of nitrogens with zero attached hydrogens (tertiary/aromatic N) is 3. The predicted octanol–water partition coefficient (Wildman–Crippen LogP) is 5.51. The maximum Gasteiger partial charge on any atom is 0.261 e. The van der Waals surface area contributed by atoms with E-state index < -0.39 is 17.5 Å². The first-order chi connectivity index (χ1) is 12.8. The van der Waals surface area contributed by atoms with Crippen molar-refractivity contribution in [3.05, 3.63) is 57.6 Å². The van der Waals surface area contributed by atoms with Gasteiger partial charge in [-0.3, -0.25) is 9.69 Å². The van der Waals surface area contributed by atoms with Gasteiger partial charge in [-0.1, -0.05) is 34.5 Å². The van der Waals surface area contributed by atoms with Crippen LogP contribution in [0.5, 0.6) is 0 Å². The topological polar surface area (TPSA) is 36.4 Å². The third-order valence-corrected chi connectivity index (χ3v) is 5.38. The Morgan fingerprint density at radius 2 is 1.86 bits per heavy atom. The van der Waals surface area contributed by atoms with Gasteiger partial charge < -0.3 is 4.90 Å². The van der Waals surface area contributed by atoms with Crippen molar-refractivity contribution in [2.24, 2.45) is 0 Å². The lowest BCUT2D eigenvalue weighted by atomic mass is 10.2. The summed E-state index contributed by atoms with van der Waals surface area (Å²) in [6.45, 7) is 0.846. The highest BCUT2D eigenvalue weighted by Crippen LogP contribution is 2.33. The zero-order valence-electron chi connectivity index (χ0n) is 14.9. The lowest BCUT2D eigenvalue weighted by molar-refractivity contribution is 0.0985. The average Bonchev–Trinajstić information content (AvgIpc) is 2.98. The molecule has 2 aromatic carbocycles. The van der Waals surface area contributed by atoms with Crippen molar-refractivity contribution >= 4 is 68.2 Å². The minimum absolute atomic E-state index is 0. The molecule has 0 aliphatic rings. The monoisotopic (exact) mass is 465 g/mol. The lowest BCUT2D eigenvalue weighted by Crippen LogP contribution is -2.36. The van der Waals surface area contributed by atoms with Crippen LogP contribution < -0.4 is 4.90 Å². The van der Waals surface area contributed by atoms with Gasteiger partial charge in [0.15, 0.2) is 10.9 Å². The van der Waals surface area contributed by atoms with Crippen LogP contribution in [0.1, 0.15) is 10.4 Å². The number of likely N-dealkylation sites (N-methyl/N-ethyl adjacent to an activating group) is 1. The predicted molar refractivity (Wildman–Crippen MR) is 113 cm³/mol. The van der Waals surface area contributed by atoms with E-state index in [1.165, 1.54) is 23.1 Å². The van der Waals surface area contributed by atoms with Crippen LogP contribution in [0, 0.1) is 11.6 Å². The maximum absolute atomic E-state index is 14.0. The molecule has 150 valence electrons. The molecule has 0 bridgehead atoms. The number of halogens is 5. The molecular formula is C18H16Cl3F2N3OS. The number of hydrogen-bond donors (Lipinski definition) is 0. The van der Waals surface area contributed by atoms with Crippen LogP contribution in [0.2, 0.25) is 10.0 Å². The number of fused-ring (bicyclic) bond motifs is 1. The van der Waals surface area contributed by atoms with Gasteiger partial charge in [0.1, 0.15) is 11.3 Å². The number of amides is 1. The number of carbonyl (C=O) groups excluding carboxylic acids is 1. The minimum Gasteiger partial charge on any atom is -0.308 e. The molecule has 3 rings (SSSR count). The largest absolute Gasteiger partial charge is 0.308 e. The van der Waals surface area contributed by atoms with Crippen LogP contribution in [0.4, 0.5) is 13.9 Å². The van der Waals surface area contributed by atoms with Crippen LogP contribution in [-0.4, -0.2) is 43.0 Å². The molecule has 4 nitrogen and oxygen atoms in total. The van der Waals surface area contributed by atoms with Crippen molar-refractivity contribution in [3.8, 4) is 0 Å². The Morgan fingerprint density at radius 3 is 2.50 bits per heavy atom. The van der Waals surface area contributed by atoms with Gasteiger partial charge in [0, 0.05) is 24.2 Å². The van der Waals surface area contributed by atoms with Crippen molar-refractivity contribution in [2.75, 3.05) is 32.1 Å². The third kappa shape index (κ3) is 4.90. The van der Waals surface area contributed by atoms with Crippen LogP contribution in [-0.2, 0) is 0 Å². The second-order valence-electron chi connectivity index (χ2n) is 6.12. The first-order valence-corrected chi connectivity index (χ1v) is 9.50. The summed E-state index contributed by atoms with van der Waals surface area (Å²) in [4.78, 5) is 20.6. The van der Waals surface area contributed by atoms with Gasteiger partial charge in [0.2, 0.25) is 0 Å². The highest BCUT2D eigenvalue weighted by molar-refractivity contribution is 7.22. The van der Waals surface area contributed by atoms with Gasteiger partial charge in [-0.25, -0.2) is 13.8 Å². The molecule has 0 spiro atoms. The quantitative estimate of drug-likeness (QED) is 0.497. The average molecular weight is 467 g/mol. The number of carbonyl (C=O) groups is 1. The molecule has 1 aromatic heterocycles. The number of aromatic nitrogens is 1.